The molecular formula is C25H38N4O3S2. The number of nitrogens with zero attached hydrogens (tertiary/aromatic N) is 2. The molecule has 188 valence electrons. The monoisotopic (exact) mass is 506 g/mol. The quantitative estimate of drug-likeness (QED) is 0.534. The molecule has 3 aliphatic rings. The molecule has 7 nitrogen and oxygen atoms in total. The maximum absolute atomic E-state index is 13.5. The highest BCUT2D eigenvalue weighted by molar-refractivity contribution is 7.99. The normalized spacial score (nSPS) is 22.4. The molecule has 1 aromatic rings. The fourth-order valence-corrected chi connectivity index (χ4v) is 7.12. The fourth-order valence-electron chi connectivity index (χ4n) is 4.92. The Labute approximate surface area is 212 Å². The molecule has 0 unspecified atom stereocenters. The van der Waals surface area contributed by atoms with Gasteiger partial charge in [0.1, 0.15) is 11.8 Å². The molecule has 2 saturated heterocycles. The van der Waals surface area contributed by atoms with Crippen molar-refractivity contribution >= 4 is 41.0 Å². The zero-order valence-electron chi connectivity index (χ0n) is 20.2. The van der Waals surface area contributed by atoms with Gasteiger partial charge in [-0.2, -0.15) is 11.8 Å². The van der Waals surface area contributed by atoms with Crippen molar-refractivity contribution in [2.45, 2.75) is 44.2 Å². The molecule has 1 aliphatic carbocycles. The molecule has 4 rings (SSSR count). The van der Waals surface area contributed by atoms with Crippen molar-refractivity contribution in [3.8, 4) is 5.75 Å². The van der Waals surface area contributed by atoms with Crippen LogP contribution in [-0.2, 0) is 9.59 Å². The summed E-state index contributed by atoms with van der Waals surface area (Å²) in [5.74, 6) is 4.91. The van der Waals surface area contributed by atoms with Crippen LogP contribution in [0.5, 0.6) is 5.75 Å². The standard InChI is InChI=1S/C25H38N4O3S2/c1-32-21-9-7-20(8-10-21)28-11-13-29(14-12-28)25(31)23(27-24(30)22-16-34-18-26-22)17-33-15-19-5-3-2-4-6-19/h7-10,19,22-23,26H,2-6,11-18H2,1H3,(H,27,30)/t22-,23-/m0/s1. The number of anilines is 1. The number of benzene rings is 1. The van der Waals surface area contributed by atoms with Gasteiger partial charge >= 0.3 is 0 Å². The van der Waals surface area contributed by atoms with Crippen molar-refractivity contribution in [3.63, 3.8) is 0 Å². The van der Waals surface area contributed by atoms with Crippen molar-refractivity contribution in [3.05, 3.63) is 24.3 Å². The maximum atomic E-state index is 13.5. The number of carbonyl (C=O) groups excluding carboxylic acids is 2. The van der Waals surface area contributed by atoms with E-state index in [1.165, 1.54) is 32.1 Å². The average Bonchev–Trinajstić information content (AvgIpc) is 3.44. The van der Waals surface area contributed by atoms with Crippen molar-refractivity contribution < 1.29 is 14.3 Å². The summed E-state index contributed by atoms with van der Waals surface area (Å²) in [6.45, 7) is 2.91. The molecule has 2 atom stereocenters. The third-order valence-electron chi connectivity index (χ3n) is 7.04. The number of carbonyl (C=O) groups is 2. The van der Waals surface area contributed by atoms with Crippen LogP contribution in [0.4, 0.5) is 5.69 Å². The van der Waals surface area contributed by atoms with Gasteiger partial charge in [-0.1, -0.05) is 19.3 Å². The first-order valence-electron chi connectivity index (χ1n) is 12.5. The summed E-state index contributed by atoms with van der Waals surface area (Å²) in [7, 11) is 1.67. The first-order valence-corrected chi connectivity index (χ1v) is 14.8. The summed E-state index contributed by atoms with van der Waals surface area (Å²) in [6.07, 6.45) is 6.61. The molecule has 3 fully saturated rings. The zero-order valence-corrected chi connectivity index (χ0v) is 21.8. The lowest BCUT2D eigenvalue weighted by Crippen LogP contribution is -2.57. The minimum absolute atomic E-state index is 0.0431. The van der Waals surface area contributed by atoms with Gasteiger partial charge in [0.05, 0.1) is 13.2 Å². The molecule has 2 N–H and O–H groups in total. The summed E-state index contributed by atoms with van der Waals surface area (Å²) in [6, 6.07) is 7.41. The smallest absolute Gasteiger partial charge is 0.246 e. The van der Waals surface area contributed by atoms with Crippen LogP contribution in [0.25, 0.3) is 0 Å². The first kappa shape index (κ1) is 25.5. The van der Waals surface area contributed by atoms with Crippen LogP contribution in [0.15, 0.2) is 24.3 Å². The second-order valence-electron chi connectivity index (χ2n) is 9.38. The molecule has 0 bridgehead atoms. The SMILES string of the molecule is COc1ccc(N2CCN(C(=O)[C@H](CSCC3CCCCC3)NC(=O)[C@@H]3CSCN3)CC2)cc1. The largest absolute Gasteiger partial charge is 0.497 e. The van der Waals surface area contributed by atoms with Crippen LogP contribution < -0.4 is 20.3 Å². The van der Waals surface area contributed by atoms with E-state index in [4.69, 9.17) is 4.74 Å². The Morgan fingerprint density at radius 2 is 1.88 bits per heavy atom. The van der Waals surface area contributed by atoms with E-state index in [-0.39, 0.29) is 17.9 Å². The third-order valence-corrected chi connectivity index (χ3v) is 9.26. The summed E-state index contributed by atoms with van der Waals surface area (Å²) in [4.78, 5) is 30.5. The summed E-state index contributed by atoms with van der Waals surface area (Å²) < 4.78 is 5.26. The summed E-state index contributed by atoms with van der Waals surface area (Å²) >= 11 is 3.56. The van der Waals surface area contributed by atoms with E-state index in [9.17, 15) is 9.59 Å². The van der Waals surface area contributed by atoms with Crippen molar-refractivity contribution in [2.75, 3.05) is 61.3 Å². The number of nitrogens with one attached hydrogen (secondary N) is 2. The highest BCUT2D eigenvalue weighted by Crippen LogP contribution is 2.27. The molecule has 1 aromatic carbocycles. The Morgan fingerprint density at radius 1 is 1.15 bits per heavy atom. The second kappa shape index (κ2) is 12.9. The Hall–Kier alpha value is -1.58. The number of ether oxygens (including phenoxy) is 1. The third kappa shape index (κ3) is 6.98. The number of hydrogen-bond acceptors (Lipinski definition) is 7. The van der Waals surface area contributed by atoms with Gasteiger partial charge in [0.15, 0.2) is 0 Å². The lowest BCUT2D eigenvalue weighted by molar-refractivity contribution is -0.136. The van der Waals surface area contributed by atoms with Gasteiger partial charge in [-0.15, -0.1) is 11.8 Å². The number of rotatable bonds is 9. The van der Waals surface area contributed by atoms with Gasteiger partial charge in [0.2, 0.25) is 11.8 Å². The molecule has 0 spiro atoms. The van der Waals surface area contributed by atoms with Crippen LogP contribution in [0.3, 0.4) is 0 Å². The predicted octanol–water partition coefficient (Wildman–Crippen LogP) is 2.80. The number of hydrogen-bond donors (Lipinski definition) is 2. The predicted molar refractivity (Wildman–Crippen MR) is 142 cm³/mol. The Balaban J connectivity index is 1.32. The topological polar surface area (TPSA) is 73.9 Å². The Bertz CT molecular complexity index is 790. The molecule has 2 aliphatic heterocycles. The number of thioether (sulfide) groups is 2. The maximum Gasteiger partial charge on any atom is 0.246 e. The van der Waals surface area contributed by atoms with E-state index < -0.39 is 6.04 Å². The van der Waals surface area contributed by atoms with Gasteiger partial charge in [-0.3, -0.25) is 14.9 Å². The van der Waals surface area contributed by atoms with Gasteiger partial charge < -0.3 is 19.9 Å². The molecule has 1 saturated carbocycles. The van der Waals surface area contributed by atoms with Crippen LogP contribution in [-0.4, -0.2) is 85.2 Å². The minimum Gasteiger partial charge on any atom is -0.497 e. The molecular weight excluding hydrogens is 468 g/mol. The molecule has 2 heterocycles. The molecule has 9 heteroatoms. The Morgan fingerprint density at radius 3 is 2.53 bits per heavy atom. The lowest BCUT2D eigenvalue weighted by atomic mass is 9.91. The van der Waals surface area contributed by atoms with E-state index in [0.717, 1.165) is 47.8 Å². The average molecular weight is 507 g/mol. The number of piperazine rings is 1. The van der Waals surface area contributed by atoms with E-state index in [1.807, 2.05) is 28.8 Å². The Kier molecular flexibility index (Phi) is 9.70. The van der Waals surface area contributed by atoms with Crippen molar-refractivity contribution in [1.82, 2.24) is 15.5 Å². The molecule has 34 heavy (non-hydrogen) atoms. The molecule has 2 amide bonds. The van der Waals surface area contributed by atoms with E-state index in [1.54, 1.807) is 18.9 Å². The van der Waals surface area contributed by atoms with Crippen LogP contribution in [0, 0.1) is 5.92 Å². The zero-order chi connectivity index (χ0) is 23.8. The minimum atomic E-state index is -0.457. The highest BCUT2D eigenvalue weighted by atomic mass is 32.2. The fraction of sp³-hybridized carbons (Fsp3) is 0.680. The van der Waals surface area contributed by atoms with E-state index in [0.29, 0.717) is 18.8 Å². The van der Waals surface area contributed by atoms with Gasteiger partial charge in [0, 0.05) is 49.2 Å². The summed E-state index contributed by atoms with van der Waals surface area (Å²) in [5, 5.41) is 6.32. The second-order valence-corrected chi connectivity index (χ2v) is 11.5. The van der Waals surface area contributed by atoms with Crippen LogP contribution in [0.1, 0.15) is 32.1 Å². The highest BCUT2D eigenvalue weighted by Gasteiger charge is 2.32. The summed E-state index contributed by atoms with van der Waals surface area (Å²) in [5.41, 5.74) is 1.14. The van der Waals surface area contributed by atoms with E-state index >= 15 is 0 Å². The number of methoxy groups -OCH3 is 1. The van der Waals surface area contributed by atoms with Gasteiger partial charge in [-0.05, 0) is 48.8 Å². The molecule has 0 aromatic heterocycles. The van der Waals surface area contributed by atoms with Crippen molar-refractivity contribution in [1.29, 1.82) is 0 Å². The molecule has 0 radical (unpaired) electrons. The van der Waals surface area contributed by atoms with Crippen LogP contribution >= 0.6 is 23.5 Å². The van der Waals surface area contributed by atoms with E-state index in [2.05, 4.69) is 27.7 Å². The van der Waals surface area contributed by atoms with Gasteiger partial charge in [0.25, 0.3) is 0 Å². The number of amides is 2. The van der Waals surface area contributed by atoms with Gasteiger partial charge in [-0.25, -0.2) is 0 Å². The van der Waals surface area contributed by atoms with Crippen LogP contribution in [0.2, 0.25) is 0 Å². The van der Waals surface area contributed by atoms with Crippen molar-refractivity contribution in [2.24, 2.45) is 5.92 Å². The lowest BCUT2D eigenvalue weighted by Gasteiger charge is -2.38. The first-order chi connectivity index (χ1) is 16.6.